The lowest BCUT2D eigenvalue weighted by Gasteiger charge is -2.55. The molecule has 6 aromatic rings. The van der Waals surface area contributed by atoms with Gasteiger partial charge in [0.05, 0.1) is 28.8 Å². The van der Waals surface area contributed by atoms with Gasteiger partial charge in [-0.05, 0) is 72.4 Å². The van der Waals surface area contributed by atoms with Gasteiger partial charge in [0.1, 0.15) is 23.0 Å². The summed E-state index contributed by atoms with van der Waals surface area (Å²) in [5.74, 6) is 2.29. The predicted octanol–water partition coefficient (Wildman–Crippen LogP) is 9.57. The molecule has 0 spiro atoms. The monoisotopic (exact) mass is 568 g/mol. The lowest BCUT2D eigenvalue weighted by atomic mass is 9.86. The number of aromatic nitrogens is 2. The zero-order valence-corrected chi connectivity index (χ0v) is 25.2. The van der Waals surface area contributed by atoms with E-state index in [9.17, 15) is 0 Å². The normalized spacial score (nSPS) is 22.1. The van der Waals surface area contributed by atoms with Crippen LogP contribution in [0.25, 0.3) is 27.6 Å². The van der Waals surface area contributed by atoms with Crippen LogP contribution in [0.5, 0.6) is 11.5 Å². The van der Waals surface area contributed by atoms with Crippen molar-refractivity contribution < 1.29 is 8.85 Å². The third-order valence-corrected chi connectivity index (χ3v) is 9.27. The minimum atomic E-state index is -2.20. The second kappa shape index (κ2) is 8.79. The standard InChI is InChI=1S/C38H37N4O/c1-25-17-35-36(18-26(25)2)42(23-41(35,6)24-42)28-19-27(38(3,4)5)20-30(21-28)43-29-14-15-32-31-11-7-8-12-33(31)40(34(32)22-29)37-13-9-10-16-39-37/h7-23H,24H2,1-6H3/q+1/t41-,42+/m0/s1/i6D3. The highest BCUT2D eigenvalue weighted by Crippen LogP contribution is 2.61. The Labute approximate surface area is 257 Å². The molecule has 1 saturated heterocycles. The second-order valence-electron chi connectivity index (χ2n) is 13.2. The number of rotatable bonds is 4. The molecule has 43 heavy (non-hydrogen) atoms. The molecule has 9 rings (SSSR count). The van der Waals surface area contributed by atoms with Crippen molar-refractivity contribution in [1.82, 2.24) is 18.5 Å². The molecule has 0 saturated carbocycles. The van der Waals surface area contributed by atoms with E-state index in [4.69, 9.17) is 8.85 Å². The van der Waals surface area contributed by atoms with Gasteiger partial charge in [0.25, 0.3) is 0 Å². The summed E-state index contributed by atoms with van der Waals surface area (Å²) in [7, 11) is 0. The van der Waals surface area contributed by atoms with Crippen LogP contribution in [0.15, 0.2) is 97.2 Å². The zero-order chi connectivity index (χ0) is 32.2. The summed E-state index contributed by atoms with van der Waals surface area (Å²) >= 11 is 0. The first-order valence-corrected chi connectivity index (χ1v) is 14.8. The van der Waals surface area contributed by atoms with Crippen molar-refractivity contribution in [2.75, 3.05) is 13.6 Å². The van der Waals surface area contributed by atoms with Gasteiger partial charge in [0, 0.05) is 47.3 Å². The maximum Gasteiger partial charge on any atom is 0.181 e. The van der Waals surface area contributed by atoms with E-state index >= 15 is 0 Å². The quantitative estimate of drug-likeness (QED) is 0.156. The summed E-state index contributed by atoms with van der Waals surface area (Å²) < 4.78 is 34.7. The van der Waals surface area contributed by atoms with E-state index in [-0.39, 0.29) is 9.90 Å². The fourth-order valence-electron chi connectivity index (χ4n) is 6.84. The summed E-state index contributed by atoms with van der Waals surface area (Å²) in [6, 6.07) is 31.2. The number of hydrogen-bond acceptors (Lipinski definition) is 2. The molecular weight excluding hydrogens is 528 g/mol. The fourth-order valence-corrected chi connectivity index (χ4v) is 6.84. The molecule has 3 aliphatic rings. The van der Waals surface area contributed by atoms with Gasteiger partial charge in [-0.25, -0.2) is 4.98 Å². The van der Waals surface area contributed by atoms with Crippen LogP contribution < -0.4 is 13.7 Å². The number of fused-ring (bicyclic) bond motifs is 3. The third-order valence-electron chi connectivity index (χ3n) is 9.27. The van der Waals surface area contributed by atoms with Crippen LogP contribution in [0, 0.1) is 20.5 Å². The highest BCUT2D eigenvalue weighted by molar-refractivity contribution is 6.09. The number of hydrogen-bond donors (Lipinski definition) is 0. The van der Waals surface area contributed by atoms with Crippen LogP contribution in [-0.4, -0.2) is 23.2 Å². The molecule has 0 radical (unpaired) electrons. The molecule has 5 heterocycles. The van der Waals surface area contributed by atoms with Crippen molar-refractivity contribution in [2.45, 2.75) is 40.0 Å². The Hall–Kier alpha value is -4.45. The minimum absolute atomic E-state index is 0.117. The van der Waals surface area contributed by atoms with E-state index in [0.717, 1.165) is 72.9 Å². The molecule has 0 aliphatic carbocycles. The molecular formula is C38H37N4O+. The van der Waals surface area contributed by atoms with Gasteiger partial charge in [-0.15, -0.1) is 0 Å². The molecule has 4 aromatic carbocycles. The fraction of sp³-hybridized carbons (Fsp3) is 0.211. The van der Waals surface area contributed by atoms with Gasteiger partial charge < -0.3 is 9.22 Å². The maximum atomic E-state index is 8.52. The van der Waals surface area contributed by atoms with E-state index in [1.807, 2.05) is 37.1 Å². The second-order valence-corrected chi connectivity index (χ2v) is 13.2. The average Bonchev–Trinajstić information content (AvgIpc) is 3.57. The van der Waals surface area contributed by atoms with Crippen molar-refractivity contribution >= 4 is 38.9 Å². The van der Waals surface area contributed by atoms with E-state index in [0.29, 0.717) is 11.2 Å². The molecule has 0 amide bonds. The van der Waals surface area contributed by atoms with Crippen molar-refractivity contribution in [3.8, 4) is 17.3 Å². The smallest absolute Gasteiger partial charge is 0.181 e. The lowest BCUT2D eigenvalue weighted by molar-refractivity contribution is 0.157. The summed E-state index contributed by atoms with van der Waals surface area (Å²) in [6.45, 7) is 10.9. The first-order valence-electron chi connectivity index (χ1n) is 16.3. The van der Waals surface area contributed by atoms with Gasteiger partial charge >= 0.3 is 0 Å². The van der Waals surface area contributed by atoms with E-state index in [2.05, 4.69) is 111 Å². The molecule has 3 aliphatic heterocycles. The predicted molar refractivity (Wildman–Crippen MR) is 178 cm³/mol. The van der Waals surface area contributed by atoms with Crippen molar-refractivity contribution in [1.29, 1.82) is 0 Å². The first kappa shape index (κ1) is 23.1. The number of nitrogens with zero attached hydrogens (tertiary/aromatic N) is 4. The molecule has 5 heteroatoms. The summed E-state index contributed by atoms with van der Waals surface area (Å²) in [5, 5.41) is 2.29. The Morgan fingerprint density at radius 3 is 2.30 bits per heavy atom. The molecule has 2 aromatic heterocycles. The summed E-state index contributed by atoms with van der Waals surface area (Å²) in [5.41, 5.74) is 8.22. The van der Waals surface area contributed by atoms with E-state index in [1.165, 1.54) is 0 Å². The lowest BCUT2D eigenvalue weighted by Crippen LogP contribution is -2.68. The molecule has 0 N–H and O–H groups in total. The number of aryl methyl sites for hydroxylation is 2. The SMILES string of the molecule is [2H]C([2H])([2H])[N@+]12[CH-][N@+](c3cc(Oc4ccc5c6ccccc6n(-c6ccccn6)c5c4)cc(C(C)(C)C)c3)(C1)c1cc(C)c(C)cc12. The van der Waals surface area contributed by atoms with E-state index in [1.54, 1.807) is 0 Å². The molecule has 1 fully saturated rings. The van der Waals surface area contributed by atoms with Crippen molar-refractivity contribution in [3.63, 3.8) is 0 Å². The number of para-hydroxylation sites is 1. The van der Waals surface area contributed by atoms with Crippen molar-refractivity contribution in [2.24, 2.45) is 0 Å². The van der Waals surface area contributed by atoms with Gasteiger partial charge in [-0.1, -0.05) is 45.0 Å². The van der Waals surface area contributed by atoms with Crippen LogP contribution in [0.2, 0.25) is 0 Å². The Morgan fingerprint density at radius 2 is 1.56 bits per heavy atom. The number of ether oxygens (including phenoxy) is 1. The van der Waals surface area contributed by atoms with Gasteiger partial charge in [-0.3, -0.25) is 9.05 Å². The van der Waals surface area contributed by atoms with Crippen LogP contribution in [-0.2, 0) is 5.41 Å². The van der Waals surface area contributed by atoms with E-state index < -0.39 is 6.98 Å². The van der Waals surface area contributed by atoms with Crippen molar-refractivity contribution in [3.05, 3.63) is 121 Å². The molecule has 0 unspecified atom stereocenters. The molecule has 214 valence electrons. The Kier molecular flexibility index (Phi) is 4.71. The number of pyridine rings is 1. The number of benzene rings is 4. The molecule has 2 bridgehead atoms. The highest BCUT2D eigenvalue weighted by atomic mass is 16.5. The van der Waals surface area contributed by atoms with Crippen LogP contribution in [0.3, 0.4) is 0 Å². The zero-order valence-electron chi connectivity index (χ0n) is 28.2. The van der Waals surface area contributed by atoms with Crippen LogP contribution in [0.4, 0.5) is 17.1 Å². The largest absolute Gasteiger partial charge is 0.457 e. The third kappa shape index (κ3) is 3.81. The Balaban J connectivity index is 1.27. The van der Waals surface area contributed by atoms with Gasteiger partial charge in [-0.2, -0.15) is 0 Å². The Morgan fingerprint density at radius 1 is 0.814 bits per heavy atom. The minimum Gasteiger partial charge on any atom is -0.457 e. The maximum absolute atomic E-state index is 8.52. The molecule has 2 atom stereocenters. The first-order chi connectivity index (χ1) is 21.8. The van der Waals surface area contributed by atoms with Crippen LogP contribution in [0.1, 0.15) is 41.6 Å². The summed E-state index contributed by atoms with van der Waals surface area (Å²) in [4.78, 5) is 4.67. The van der Waals surface area contributed by atoms with Gasteiger partial charge in [0.15, 0.2) is 18.0 Å². The molecule has 5 nitrogen and oxygen atoms in total. The number of quaternary nitrogens is 2. The van der Waals surface area contributed by atoms with Gasteiger partial charge in [0.2, 0.25) is 0 Å². The Bertz CT molecular complexity index is 2190. The average molecular weight is 569 g/mol. The van der Waals surface area contributed by atoms with Crippen LogP contribution >= 0.6 is 0 Å². The topological polar surface area (TPSA) is 27.1 Å². The highest BCUT2D eigenvalue weighted by Gasteiger charge is 2.59. The summed E-state index contributed by atoms with van der Waals surface area (Å²) in [6.07, 6.45) is 1.81.